The van der Waals surface area contributed by atoms with Crippen LogP contribution in [0.2, 0.25) is 0 Å². The van der Waals surface area contributed by atoms with Crippen molar-refractivity contribution in [2.45, 2.75) is 31.6 Å². The zero-order valence-electron chi connectivity index (χ0n) is 10.5. The van der Waals surface area contributed by atoms with Crippen LogP contribution in [-0.4, -0.2) is 39.2 Å². The Morgan fingerprint density at radius 3 is 2.76 bits per heavy atom. The fourth-order valence-electron chi connectivity index (χ4n) is 1.64. The Morgan fingerprint density at radius 1 is 1.53 bits per heavy atom. The lowest BCUT2D eigenvalue weighted by atomic mass is 10.2. The molecule has 1 aromatic heterocycles. The third-order valence-electron chi connectivity index (χ3n) is 2.74. The van der Waals surface area contributed by atoms with Gasteiger partial charge in [-0.25, -0.2) is 9.97 Å². The zero-order chi connectivity index (χ0) is 12.8. The summed E-state index contributed by atoms with van der Waals surface area (Å²) in [4.78, 5) is 8.18. The molecule has 1 rings (SSSR count). The molecule has 0 amide bonds. The first-order valence-electron chi connectivity index (χ1n) is 5.63. The number of nitrogens with one attached hydrogen (secondary N) is 1. The number of aromatic nitrogens is 2. The second-order valence-corrected chi connectivity index (χ2v) is 4.91. The smallest absolute Gasteiger partial charge is 0.134 e. The quantitative estimate of drug-likeness (QED) is 0.708. The molecule has 5 nitrogen and oxygen atoms in total. The fraction of sp³-hybridized carbons (Fsp3) is 0.636. The van der Waals surface area contributed by atoms with E-state index >= 15 is 0 Å². The summed E-state index contributed by atoms with van der Waals surface area (Å²) >= 11 is 1.63. The molecule has 1 aromatic rings. The van der Waals surface area contributed by atoms with Gasteiger partial charge in [-0.2, -0.15) is 11.8 Å². The van der Waals surface area contributed by atoms with Gasteiger partial charge in [-0.05, 0) is 19.6 Å². The summed E-state index contributed by atoms with van der Waals surface area (Å²) in [6.07, 6.45) is 4.22. The first-order chi connectivity index (χ1) is 8.13. The molecule has 17 heavy (non-hydrogen) atoms. The molecule has 0 fully saturated rings. The summed E-state index contributed by atoms with van der Waals surface area (Å²) in [7, 11) is 0. The number of thioether (sulfide) groups is 1. The molecule has 96 valence electrons. The average molecular weight is 256 g/mol. The number of nitrogen functional groups attached to an aromatic ring is 1. The van der Waals surface area contributed by atoms with Crippen LogP contribution < -0.4 is 11.1 Å². The Morgan fingerprint density at radius 2 is 2.24 bits per heavy atom. The number of aliphatic hydroxyl groups is 1. The molecule has 0 aliphatic rings. The van der Waals surface area contributed by atoms with E-state index in [2.05, 4.69) is 15.3 Å². The molecular formula is C11H20N4OS. The van der Waals surface area contributed by atoms with Crippen LogP contribution in [0.25, 0.3) is 0 Å². The van der Waals surface area contributed by atoms with Gasteiger partial charge >= 0.3 is 0 Å². The van der Waals surface area contributed by atoms with Crippen LogP contribution in [0.4, 0.5) is 11.6 Å². The van der Waals surface area contributed by atoms with E-state index in [0.717, 1.165) is 17.8 Å². The maximum absolute atomic E-state index is 9.24. The first kappa shape index (κ1) is 14.1. The van der Waals surface area contributed by atoms with E-state index in [0.29, 0.717) is 5.82 Å². The van der Waals surface area contributed by atoms with Crippen molar-refractivity contribution in [1.29, 1.82) is 0 Å². The fourth-order valence-corrected chi connectivity index (χ4v) is 2.27. The predicted molar refractivity (Wildman–Crippen MR) is 73.3 cm³/mol. The Bertz CT molecular complexity index is 357. The van der Waals surface area contributed by atoms with Crippen molar-refractivity contribution in [3.05, 3.63) is 11.9 Å². The number of nitrogens with two attached hydrogens (primary N) is 1. The van der Waals surface area contributed by atoms with Gasteiger partial charge in [-0.15, -0.1) is 0 Å². The Hall–Kier alpha value is -1.01. The summed E-state index contributed by atoms with van der Waals surface area (Å²) in [5, 5.41) is 12.7. The molecule has 0 aliphatic carbocycles. The number of anilines is 2. The van der Waals surface area contributed by atoms with Crippen molar-refractivity contribution in [2.24, 2.45) is 0 Å². The number of hydrogen-bond acceptors (Lipinski definition) is 6. The SMILES string of the molecule is CCc1c(N)ncnc1NC(C)C(CO)SC. The van der Waals surface area contributed by atoms with Crippen molar-refractivity contribution in [2.75, 3.05) is 23.9 Å². The van der Waals surface area contributed by atoms with Crippen LogP contribution >= 0.6 is 11.8 Å². The van der Waals surface area contributed by atoms with Gasteiger partial charge in [-0.3, -0.25) is 0 Å². The molecule has 4 N–H and O–H groups in total. The molecule has 0 saturated carbocycles. The third kappa shape index (κ3) is 3.47. The van der Waals surface area contributed by atoms with Crippen molar-refractivity contribution < 1.29 is 5.11 Å². The molecule has 0 radical (unpaired) electrons. The molecule has 0 aliphatic heterocycles. The summed E-state index contributed by atoms with van der Waals surface area (Å²) in [6.45, 7) is 4.18. The van der Waals surface area contributed by atoms with E-state index < -0.39 is 0 Å². The topological polar surface area (TPSA) is 84.1 Å². The van der Waals surface area contributed by atoms with E-state index in [9.17, 15) is 5.11 Å². The largest absolute Gasteiger partial charge is 0.395 e. The van der Waals surface area contributed by atoms with E-state index in [1.807, 2.05) is 20.1 Å². The van der Waals surface area contributed by atoms with E-state index in [1.165, 1.54) is 6.33 Å². The van der Waals surface area contributed by atoms with Gasteiger partial charge in [0.1, 0.15) is 18.0 Å². The van der Waals surface area contributed by atoms with E-state index in [1.54, 1.807) is 11.8 Å². The van der Waals surface area contributed by atoms with Crippen LogP contribution in [0.15, 0.2) is 6.33 Å². The minimum atomic E-state index is 0.120. The molecule has 2 atom stereocenters. The molecule has 0 saturated heterocycles. The van der Waals surface area contributed by atoms with E-state index in [4.69, 9.17) is 5.73 Å². The minimum Gasteiger partial charge on any atom is -0.395 e. The highest BCUT2D eigenvalue weighted by atomic mass is 32.2. The average Bonchev–Trinajstić information content (AvgIpc) is 2.31. The van der Waals surface area contributed by atoms with Crippen LogP contribution in [0.5, 0.6) is 0 Å². The van der Waals surface area contributed by atoms with Crippen molar-refractivity contribution >= 4 is 23.4 Å². The lowest BCUT2D eigenvalue weighted by Gasteiger charge is -2.23. The summed E-state index contributed by atoms with van der Waals surface area (Å²) in [5.41, 5.74) is 6.73. The highest BCUT2D eigenvalue weighted by Gasteiger charge is 2.17. The molecular weight excluding hydrogens is 236 g/mol. The lowest BCUT2D eigenvalue weighted by Crippen LogP contribution is -2.31. The normalized spacial score (nSPS) is 14.4. The minimum absolute atomic E-state index is 0.120. The standard InChI is InChI=1S/C11H20N4OS/c1-4-8-10(12)13-6-14-11(8)15-7(2)9(5-16)17-3/h6-7,9,16H,4-5H2,1-3H3,(H3,12,13,14,15). The summed E-state index contributed by atoms with van der Waals surface area (Å²) < 4.78 is 0. The van der Waals surface area contributed by atoms with Gasteiger partial charge < -0.3 is 16.2 Å². The van der Waals surface area contributed by atoms with E-state index in [-0.39, 0.29) is 17.9 Å². The van der Waals surface area contributed by atoms with Gasteiger partial charge in [0, 0.05) is 16.9 Å². The molecule has 0 bridgehead atoms. The maximum Gasteiger partial charge on any atom is 0.134 e. The highest BCUT2D eigenvalue weighted by Crippen LogP contribution is 2.21. The van der Waals surface area contributed by atoms with Gasteiger partial charge in [0.2, 0.25) is 0 Å². The van der Waals surface area contributed by atoms with Crippen LogP contribution in [0, 0.1) is 0 Å². The predicted octanol–water partition coefficient (Wildman–Crippen LogP) is 1.15. The lowest BCUT2D eigenvalue weighted by molar-refractivity contribution is 0.288. The highest BCUT2D eigenvalue weighted by molar-refractivity contribution is 7.99. The molecule has 6 heteroatoms. The Kier molecular flexibility index (Phi) is 5.50. The van der Waals surface area contributed by atoms with Gasteiger partial charge in [-0.1, -0.05) is 6.92 Å². The van der Waals surface area contributed by atoms with Crippen LogP contribution in [0.3, 0.4) is 0 Å². The monoisotopic (exact) mass is 256 g/mol. The van der Waals surface area contributed by atoms with Crippen molar-refractivity contribution in [3.8, 4) is 0 Å². The number of aliphatic hydroxyl groups excluding tert-OH is 1. The Labute approximate surface area is 106 Å². The second kappa shape index (κ2) is 6.66. The van der Waals surface area contributed by atoms with Crippen molar-refractivity contribution in [3.63, 3.8) is 0 Å². The number of rotatable bonds is 6. The molecule has 0 spiro atoms. The number of nitrogens with zero attached hydrogens (tertiary/aromatic N) is 2. The summed E-state index contributed by atoms with van der Waals surface area (Å²) in [5.74, 6) is 1.28. The first-order valence-corrected chi connectivity index (χ1v) is 6.92. The molecule has 2 unspecified atom stereocenters. The summed E-state index contributed by atoms with van der Waals surface area (Å²) in [6, 6.07) is 0.120. The second-order valence-electron chi connectivity index (χ2n) is 3.83. The third-order valence-corrected chi connectivity index (χ3v) is 3.90. The maximum atomic E-state index is 9.24. The van der Waals surface area contributed by atoms with Gasteiger partial charge in [0.25, 0.3) is 0 Å². The van der Waals surface area contributed by atoms with Crippen LogP contribution in [0.1, 0.15) is 19.4 Å². The van der Waals surface area contributed by atoms with Gasteiger partial charge in [0.05, 0.1) is 6.61 Å². The van der Waals surface area contributed by atoms with Gasteiger partial charge in [0.15, 0.2) is 0 Å². The van der Waals surface area contributed by atoms with Crippen molar-refractivity contribution in [1.82, 2.24) is 9.97 Å². The Balaban J connectivity index is 2.84. The zero-order valence-corrected chi connectivity index (χ0v) is 11.3. The van der Waals surface area contributed by atoms with Crippen LogP contribution in [-0.2, 0) is 6.42 Å². The molecule has 0 aromatic carbocycles. The number of hydrogen-bond donors (Lipinski definition) is 3. The molecule has 1 heterocycles.